The smallest absolute Gasteiger partial charge is 0.238 e. The lowest BCUT2D eigenvalue weighted by Gasteiger charge is -2.16. The molecule has 4 rings (SSSR count). The summed E-state index contributed by atoms with van der Waals surface area (Å²) in [6, 6.07) is 24.2. The normalized spacial score (nSPS) is 11.3. The molecule has 0 unspecified atom stereocenters. The standard InChI is InChI=1S/C26H24Cl2N2O3S.ClH/c27-21-9-7-20(25(28)15-21)17-33-26-12-8-19-3-1-2-4-23(19)24(26)16-30-14-13-18-5-10-22(11-6-18)34(29,31)32;/h1-12,15,30H,13-14,16-17H2,(H2,29,31,32);1H. The van der Waals surface area contributed by atoms with Crippen molar-refractivity contribution in [3.8, 4) is 5.75 Å². The molecule has 4 aromatic carbocycles. The molecular formula is C26H25Cl3N2O3S. The number of sulfonamides is 1. The van der Waals surface area contributed by atoms with Crippen LogP contribution in [0.4, 0.5) is 0 Å². The number of nitrogens with one attached hydrogen (secondary N) is 1. The summed E-state index contributed by atoms with van der Waals surface area (Å²) < 4.78 is 29.0. The number of fused-ring (bicyclic) bond motifs is 1. The molecule has 4 aromatic rings. The lowest BCUT2D eigenvalue weighted by Crippen LogP contribution is -2.18. The Balaban J connectivity index is 0.00000342. The predicted octanol–water partition coefficient (Wildman–Crippen LogP) is 6.13. The topological polar surface area (TPSA) is 81.4 Å². The second-order valence-corrected chi connectivity index (χ2v) is 10.3. The van der Waals surface area contributed by atoms with E-state index >= 15 is 0 Å². The molecule has 0 aliphatic rings. The predicted molar refractivity (Wildman–Crippen MR) is 145 cm³/mol. The van der Waals surface area contributed by atoms with Crippen LogP contribution in [0.25, 0.3) is 10.8 Å². The summed E-state index contributed by atoms with van der Waals surface area (Å²) in [6.45, 7) is 1.65. The number of rotatable bonds is 9. The Morgan fingerprint density at radius 2 is 1.66 bits per heavy atom. The van der Waals surface area contributed by atoms with Crippen molar-refractivity contribution in [1.82, 2.24) is 5.32 Å². The zero-order chi connectivity index (χ0) is 24.1. The van der Waals surface area contributed by atoms with Crippen molar-refractivity contribution in [3.63, 3.8) is 0 Å². The van der Waals surface area contributed by atoms with E-state index in [0.29, 0.717) is 29.7 Å². The summed E-state index contributed by atoms with van der Waals surface area (Å²) >= 11 is 12.3. The molecule has 0 bridgehead atoms. The van der Waals surface area contributed by atoms with E-state index in [-0.39, 0.29) is 17.3 Å². The van der Waals surface area contributed by atoms with Gasteiger partial charge in [-0.2, -0.15) is 0 Å². The molecule has 0 fully saturated rings. The van der Waals surface area contributed by atoms with Crippen LogP contribution >= 0.6 is 35.6 Å². The molecule has 0 aliphatic heterocycles. The van der Waals surface area contributed by atoms with Crippen LogP contribution in [0.2, 0.25) is 10.0 Å². The summed E-state index contributed by atoms with van der Waals surface area (Å²) in [7, 11) is -3.68. The second-order valence-electron chi connectivity index (χ2n) is 7.90. The number of nitrogens with two attached hydrogens (primary N) is 1. The van der Waals surface area contributed by atoms with Crippen LogP contribution in [0.5, 0.6) is 5.75 Å². The fraction of sp³-hybridized carbons (Fsp3) is 0.154. The number of halogens is 3. The van der Waals surface area contributed by atoms with E-state index in [0.717, 1.165) is 39.6 Å². The Bertz CT molecular complexity index is 1410. The van der Waals surface area contributed by atoms with E-state index in [1.807, 2.05) is 30.3 Å². The van der Waals surface area contributed by atoms with Gasteiger partial charge in [0.2, 0.25) is 10.0 Å². The van der Waals surface area contributed by atoms with E-state index < -0.39 is 10.0 Å². The third kappa shape index (κ3) is 7.10. The Labute approximate surface area is 221 Å². The Hall–Kier alpha value is -2.32. The van der Waals surface area contributed by atoms with Crippen molar-refractivity contribution in [3.05, 3.63) is 106 Å². The van der Waals surface area contributed by atoms with E-state index in [1.54, 1.807) is 24.3 Å². The summed E-state index contributed by atoms with van der Waals surface area (Å²) in [5.41, 5.74) is 2.94. The van der Waals surface area contributed by atoms with Gasteiger partial charge in [0.05, 0.1) is 4.90 Å². The number of benzene rings is 4. The first-order valence-electron chi connectivity index (χ1n) is 10.7. The fourth-order valence-corrected chi connectivity index (χ4v) is 4.70. The van der Waals surface area contributed by atoms with Gasteiger partial charge in [-0.25, -0.2) is 13.6 Å². The second kappa shape index (κ2) is 12.1. The maximum Gasteiger partial charge on any atom is 0.238 e. The molecule has 35 heavy (non-hydrogen) atoms. The van der Waals surface area contributed by atoms with Crippen LogP contribution in [0.15, 0.2) is 83.8 Å². The van der Waals surface area contributed by atoms with Crippen molar-refractivity contribution >= 4 is 56.4 Å². The van der Waals surface area contributed by atoms with Crippen molar-refractivity contribution < 1.29 is 13.2 Å². The molecule has 184 valence electrons. The summed E-state index contributed by atoms with van der Waals surface area (Å²) in [4.78, 5) is 0.113. The Kier molecular flexibility index (Phi) is 9.41. The molecule has 0 saturated carbocycles. The maximum absolute atomic E-state index is 11.4. The van der Waals surface area contributed by atoms with Gasteiger partial charge in [0.1, 0.15) is 12.4 Å². The molecule has 0 aliphatic carbocycles. The van der Waals surface area contributed by atoms with Crippen molar-refractivity contribution in [2.24, 2.45) is 5.14 Å². The maximum atomic E-state index is 11.4. The number of hydrogen-bond acceptors (Lipinski definition) is 4. The molecule has 5 nitrogen and oxygen atoms in total. The average Bonchev–Trinajstić information content (AvgIpc) is 2.81. The fourth-order valence-electron chi connectivity index (χ4n) is 3.72. The minimum Gasteiger partial charge on any atom is -0.488 e. The van der Waals surface area contributed by atoms with Gasteiger partial charge in [0, 0.05) is 27.7 Å². The minimum absolute atomic E-state index is 0. The van der Waals surface area contributed by atoms with Gasteiger partial charge in [0.15, 0.2) is 0 Å². The van der Waals surface area contributed by atoms with Crippen LogP contribution in [-0.4, -0.2) is 15.0 Å². The van der Waals surface area contributed by atoms with Crippen molar-refractivity contribution in [1.29, 1.82) is 0 Å². The summed E-state index contributed by atoms with van der Waals surface area (Å²) in [5.74, 6) is 0.787. The molecule has 0 atom stereocenters. The van der Waals surface area contributed by atoms with E-state index in [4.69, 9.17) is 33.1 Å². The first-order chi connectivity index (χ1) is 16.3. The summed E-state index contributed by atoms with van der Waals surface area (Å²) in [6.07, 6.45) is 0.742. The van der Waals surface area contributed by atoms with Crippen LogP contribution in [-0.2, 0) is 29.6 Å². The van der Waals surface area contributed by atoms with Gasteiger partial charge >= 0.3 is 0 Å². The highest BCUT2D eigenvalue weighted by Crippen LogP contribution is 2.30. The highest BCUT2D eigenvalue weighted by Gasteiger charge is 2.11. The lowest BCUT2D eigenvalue weighted by atomic mass is 10.0. The highest BCUT2D eigenvalue weighted by molar-refractivity contribution is 7.89. The molecular weight excluding hydrogens is 527 g/mol. The van der Waals surface area contributed by atoms with Gasteiger partial charge in [-0.05, 0) is 59.6 Å². The van der Waals surface area contributed by atoms with Crippen LogP contribution in [0.3, 0.4) is 0 Å². The van der Waals surface area contributed by atoms with Crippen molar-refractivity contribution in [2.45, 2.75) is 24.5 Å². The number of ether oxygens (including phenoxy) is 1. The molecule has 0 amide bonds. The van der Waals surface area contributed by atoms with E-state index in [1.165, 1.54) is 12.1 Å². The molecule has 0 radical (unpaired) electrons. The Morgan fingerprint density at radius 3 is 2.37 bits per heavy atom. The molecule has 9 heteroatoms. The molecule has 0 saturated heterocycles. The highest BCUT2D eigenvalue weighted by atomic mass is 35.5. The monoisotopic (exact) mass is 550 g/mol. The van der Waals surface area contributed by atoms with Gasteiger partial charge < -0.3 is 10.1 Å². The zero-order valence-electron chi connectivity index (χ0n) is 18.7. The van der Waals surface area contributed by atoms with Crippen molar-refractivity contribution in [2.75, 3.05) is 6.54 Å². The first kappa shape index (κ1) is 27.3. The summed E-state index contributed by atoms with van der Waals surface area (Å²) in [5, 5.41) is 12.1. The van der Waals surface area contributed by atoms with Crippen LogP contribution in [0, 0.1) is 0 Å². The van der Waals surface area contributed by atoms with Gasteiger partial charge in [-0.1, -0.05) is 71.7 Å². The number of hydrogen-bond donors (Lipinski definition) is 2. The lowest BCUT2D eigenvalue weighted by molar-refractivity contribution is 0.303. The molecule has 3 N–H and O–H groups in total. The molecule has 0 heterocycles. The molecule has 0 aromatic heterocycles. The van der Waals surface area contributed by atoms with Crippen LogP contribution in [0.1, 0.15) is 16.7 Å². The van der Waals surface area contributed by atoms with Gasteiger partial charge in [0.25, 0.3) is 0 Å². The SMILES string of the molecule is Cl.NS(=O)(=O)c1ccc(CCNCc2c(OCc3ccc(Cl)cc3Cl)ccc3ccccc23)cc1. The largest absolute Gasteiger partial charge is 0.488 e. The quantitative estimate of drug-likeness (QED) is 0.245. The zero-order valence-corrected chi connectivity index (χ0v) is 21.9. The minimum atomic E-state index is -3.68. The van der Waals surface area contributed by atoms with Gasteiger partial charge in [-0.15, -0.1) is 12.4 Å². The Morgan fingerprint density at radius 1 is 0.914 bits per heavy atom. The third-order valence-electron chi connectivity index (χ3n) is 5.54. The number of primary sulfonamides is 1. The van der Waals surface area contributed by atoms with E-state index in [9.17, 15) is 8.42 Å². The van der Waals surface area contributed by atoms with Gasteiger partial charge in [-0.3, -0.25) is 0 Å². The first-order valence-corrected chi connectivity index (χ1v) is 13.0. The third-order valence-corrected chi connectivity index (χ3v) is 7.06. The molecule has 0 spiro atoms. The van der Waals surface area contributed by atoms with Crippen LogP contribution < -0.4 is 15.2 Å². The average molecular weight is 552 g/mol. The van der Waals surface area contributed by atoms with E-state index in [2.05, 4.69) is 17.4 Å².